The van der Waals surface area contributed by atoms with Gasteiger partial charge >= 0.3 is 0 Å². The lowest BCUT2D eigenvalue weighted by atomic mass is 9.93. The van der Waals surface area contributed by atoms with Crippen LogP contribution in [0.1, 0.15) is 49.4 Å². The number of halogens is 1. The quantitative estimate of drug-likeness (QED) is 0.244. The minimum absolute atomic E-state index is 0.0560. The summed E-state index contributed by atoms with van der Waals surface area (Å²) >= 11 is 6.17. The molecule has 1 aliphatic heterocycles. The van der Waals surface area contributed by atoms with E-state index in [9.17, 15) is 19.8 Å². The molecule has 1 atom stereocenters. The molecule has 1 amide bonds. The molecular formula is C28H26ClNO5. The number of Topliss-reactive ketones (excluding diaryl/α,β-unsaturated/α-hetero) is 1. The Kier molecular flexibility index (Phi) is 6.85. The number of phenols is 1. The third-order valence-electron chi connectivity index (χ3n) is 5.97. The van der Waals surface area contributed by atoms with Gasteiger partial charge in [-0.1, -0.05) is 49.7 Å². The number of benzene rings is 3. The first-order valence-electron chi connectivity index (χ1n) is 11.4. The highest BCUT2D eigenvalue weighted by Gasteiger charge is 2.47. The van der Waals surface area contributed by atoms with Crippen LogP contribution in [0.3, 0.4) is 0 Å². The second kappa shape index (κ2) is 9.84. The highest BCUT2D eigenvalue weighted by atomic mass is 35.5. The summed E-state index contributed by atoms with van der Waals surface area (Å²) in [6.07, 6.45) is 0. The van der Waals surface area contributed by atoms with Crippen molar-refractivity contribution in [1.29, 1.82) is 0 Å². The number of ketones is 1. The zero-order valence-corrected chi connectivity index (χ0v) is 20.4. The van der Waals surface area contributed by atoms with Crippen molar-refractivity contribution in [2.24, 2.45) is 0 Å². The van der Waals surface area contributed by atoms with Crippen LogP contribution in [0, 0.1) is 0 Å². The Bertz CT molecular complexity index is 1320. The maximum Gasteiger partial charge on any atom is 0.300 e. The van der Waals surface area contributed by atoms with Crippen LogP contribution in [-0.2, 0) is 9.59 Å². The molecule has 7 heteroatoms. The largest absolute Gasteiger partial charge is 0.507 e. The third-order valence-corrected chi connectivity index (χ3v) is 6.27. The third kappa shape index (κ3) is 4.49. The molecule has 6 nitrogen and oxygen atoms in total. The standard InChI is InChI=1S/C28H26ClNO5/c1-4-35-23-13-11-18(14-20(23)16(2)3)26(32)24-25(17-10-12-22(31)21(29)15-17)30(28(34)27(24)33)19-8-6-5-7-9-19/h5-16,25,31-32H,4H2,1-3H3/b26-24-. The van der Waals surface area contributed by atoms with Gasteiger partial charge in [-0.2, -0.15) is 0 Å². The van der Waals surface area contributed by atoms with Crippen molar-refractivity contribution < 1.29 is 24.5 Å². The Morgan fingerprint density at radius 1 is 1.06 bits per heavy atom. The van der Waals surface area contributed by atoms with Crippen molar-refractivity contribution >= 4 is 34.7 Å². The number of para-hydroxylation sites is 1. The molecule has 0 radical (unpaired) electrons. The number of carbonyl (C=O) groups excluding carboxylic acids is 2. The first-order chi connectivity index (χ1) is 16.7. The Morgan fingerprint density at radius 3 is 2.40 bits per heavy atom. The van der Waals surface area contributed by atoms with Crippen molar-refractivity contribution in [3.05, 3.63) is 94.0 Å². The first kappa shape index (κ1) is 24.4. The molecule has 35 heavy (non-hydrogen) atoms. The predicted molar refractivity (Wildman–Crippen MR) is 136 cm³/mol. The summed E-state index contributed by atoms with van der Waals surface area (Å²) in [5.41, 5.74) is 2.19. The highest BCUT2D eigenvalue weighted by molar-refractivity contribution is 6.51. The average Bonchev–Trinajstić information content (AvgIpc) is 3.11. The molecule has 1 fully saturated rings. The number of ether oxygens (including phenoxy) is 1. The number of aliphatic hydroxyl groups is 1. The summed E-state index contributed by atoms with van der Waals surface area (Å²) in [7, 11) is 0. The summed E-state index contributed by atoms with van der Waals surface area (Å²) in [5, 5.41) is 21.4. The number of anilines is 1. The van der Waals surface area contributed by atoms with Gasteiger partial charge in [0.25, 0.3) is 11.7 Å². The number of aliphatic hydroxyl groups excluding tert-OH is 1. The molecule has 4 rings (SSSR count). The molecule has 0 aromatic heterocycles. The Morgan fingerprint density at radius 2 is 1.77 bits per heavy atom. The molecule has 0 aliphatic carbocycles. The number of nitrogens with zero attached hydrogens (tertiary/aromatic N) is 1. The first-order valence-corrected chi connectivity index (χ1v) is 11.7. The van der Waals surface area contributed by atoms with Gasteiger partial charge in [-0.25, -0.2) is 0 Å². The molecule has 1 unspecified atom stereocenters. The summed E-state index contributed by atoms with van der Waals surface area (Å²) in [6, 6.07) is 17.5. The molecule has 3 aromatic carbocycles. The fraction of sp³-hybridized carbons (Fsp3) is 0.214. The molecule has 3 aromatic rings. The van der Waals surface area contributed by atoms with E-state index in [0.29, 0.717) is 29.2 Å². The van der Waals surface area contributed by atoms with Crippen LogP contribution in [0.2, 0.25) is 5.02 Å². The number of phenolic OH excluding ortho intramolecular Hbond substituents is 1. The number of amides is 1. The highest BCUT2D eigenvalue weighted by Crippen LogP contribution is 2.44. The van der Waals surface area contributed by atoms with E-state index >= 15 is 0 Å². The van der Waals surface area contributed by atoms with Gasteiger partial charge in [0.1, 0.15) is 17.3 Å². The van der Waals surface area contributed by atoms with E-state index in [0.717, 1.165) is 5.56 Å². The van der Waals surface area contributed by atoms with Gasteiger partial charge in [0.15, 0.2) is 0 Å². The van der Waals surface area contributed by atoms with Crippen molar-refractivity contribution in [3.63, 3.8) is 0 Å². The predicted octanol–water partition coefficient (Wildman–Crippen LogP) is 6.19. The minimum Gasteiger partial charge on any atom is -0.507 e. The van der Waals surface area contributed by atoms with E-state index in [2.05, 4.69) is 0 Å². The SMILES string of the molecule is CCOc1ccc(/C(O)=C2/C(=O)C(=O)N(c3ccccc3)C2c2ccc(O)c(Cl)c2)cc1C(C)C. The molecule has 1 aliphatic rings. The van der Waals surface area contributed by atoms with Crippen LogP contribution >= 0.6 is 11.6 Å². The fourth-order valence-corrected chi connectivity index (χ4v) is 4.47. The average molecular weight is 492 g/mol. The fourth-order valence-electron chi connectivity index (χ4n) is 4.29. The van der Waals surface area contributed by atoms with Gasteiger partial charge in [0.2, 0.25) is 0 Å². The molecule has 1 saturated heterocycles. The van der Waals surface area contributed by atoms with Gasteiger partial charge in [-0.3, -0.25) is 14.5 Å². The molecule has 1 heterocycles. The van der Waals surface area contributed by atoms with Crippen molar-refractivity contribution in [2.75, 3.05) is 11.5 Å². The van der Waals surface area contributed by atoms with E-state index in [4.69, 9.17) is 16.3 Å². The lowest BCUT2D eigenvalue weighted by Crippen LogP contribution is -2.29. The van der Waals surface area contributed by atoms with Crippen molar-refractivity contribution in [2.45, 2.75) is 32.7 Å². The summed E-state index contributed by atoms with van der Waals surface area (Å²) in [4.78, 5) is 27.9. The zero-order chi connectivity index (χ0) is 25.3. The van der Waals surface area contributed by atoms with Crippen LogP contribution in [0.5, 0.6) is 11.5 Å². The van der Waals surface area contributed by atoms with Crippen LogP contribution in [0.25, 0.3) is 5.76 Å². The smallest absolute Gasteiger partial charge is 0.300 e. The Labute approximate surface area is 209 Å². The molecule has 0 saturated carbocycles. The molecule has 0 spiro atoms. The summed E-state index contributed by atoms with van der Waals surface area (Å²) in [5.74, 6) is -1.18. The summed E-state index contributed by atoms with van der Waals surface area (Å²) < 4.78 is 5.72. The van der Waals surface area contributed by atoms with Crippen LogP contribution in [0.4, 0.5) is 5.69 Å². The number of rotatable bonds is 6. The second-order valence-corrected chi connectivity index (χ2v) is 8.96. The second-order valence-electron chi connectivity index (χ2n) is 8.56. The van der Waals surface area contributed by atoms with Crippen molar-refractivity contribution in [1.82, 2.24) is 0 Å². The number of carbonyl (C=O) groups is 2. The lowest BCUT2D eigenvalue weighted by molar-refractivity contribution is -0.132. The normalized spacial score (nSPS) is 17.3. The Hall–Kier alpha value is -3.77. The zero-order valence-electron chi connectivity index (χ0n) is 19.7. The van der Waals surface area contributed by atoms with Crippen LogP contribution in [-0.4, -0.2) is 28.5 Å². The van der Waals surface area contributed by atoms with Gasteiger partial charge in [0.05, 0.1) is 23.2 Å². The summed E-state index contributed by atoms with van der Waals surface area (Å²) in [6.45, 7) is 6.41. The van der Waals surface area contributed by atoms with Crippen LogP contribution < -0.4 is 9.64 Å². The molecular weight excluding hydrogens is 466 g/mol. The van der Waals surface area contributed by atoms with E-state index in [-0.39, 0.29) is 28.0 Å². The maximum absolute atomic E-state index is 13.3. The number of hydrogen-bond acceptors (Lipinski definition) is 5. The molecule has 180 valence electrons. The van der Waals surface area contributed by atoms with E-state index in [1.54, 1.807) is 54.6 Å². The topological polar surface area (TPSA) is 87.1 Å². The monoisotopic (exact) mass is 491 g/mol. The van der Waals surface area contributed by atoms with Gasteiger partial charge < -0.3 is 14.9 Å². The van der Waals surface area contributed by atoms with E-state index in [1.807, 2.05) is 20.8 Å². The number of aromatic hydroxyl groups is 1. The molecule has 0 bridgehead atoms. The lowest BCUT2D eigenvalue weighted by Gasteiger charge is -2.25. The van der Waals surface area contributed by atoms with E-state index in [1.165, 1.54) is 17.0 Å². The van der Waals surface area contributed by atoms with E-state index < -0.39 is 17.7 Å². The number of hydrogen-bond donors (Lipinski definition) is 2. The Balaban J connectivity index is 1.94. The van der Waals surface area contributed by atoms with Gasteiger partial charge in [-0.05, 0) is 66.4 Å². The van der Waals surface area contributed by atoms with Gasteiger partial charge in [-0.15, -0.1) is 0 Å². The minimum atomic E-state index is -0.940. The van der Waals surface area contributed by atoms with Crippen LogP contribution in [0.15, 0.2) is 72.3 Å². The maximum atomic E-state index is 13.3. The van der Waals surface area contributed by atoms with Crippen molar-refractivity contribution in [3.8, 4) is 11.5 Å². The van der Waals surface area contributed by atoms with Gasteiger partial charge in [0, 0.05) is 11.3 Å². The molecule has 2 N–H and O–H groups in total.